The van der Waals surface area contributed by atoms with Crippen molar-refractivity contribution in [1.82, 2.24) is 4.90 Å². The van der Waals surface area contributed by atoms with Crippen molar-refractivity contribution in [3.05, 3.63) is 0 Å². The van der Waals surface area contributed by atoms with E-state index in [4.69, 9.17) is 5.11 Å². The second kappa shape index (κ2) is 17.6. The molecule has 90 valence electrons. The van der Waals surface area contributed by atoms with E-state index < -0.39 is 0 Å². The Morgan fingerprint density at radius 2 is 1.53 bits per heavy atom. The van der Waals surface area contributed by atoms with Gasteiger partial charge in [0.05, 0.1) is 6.61 Å². The Morgan fingerprint density at radius 1 is 1.00 bits per heavy atom. The molecule has 0 aromatic heterocycles. The molecule has 0 saturated carbocycles. The summed E-state index contributed by atoms with van der Waals surface area (Å²) in [6.45, 7) is 4.48. The number of hydrogen-bond donors (Lipinski definition) is 1. The van der Waals surface area contributed by atoms with Gasteiger partial charge in [-0.15, -0.1) is 12.4 Å². The van der Waals surface area contributed by atoms with Gasteiger partial charge in [0.2, 0.25) is 0 Å². The van der Waals surface area contributed by atoms with E-state index in [1.165, 1.54) is 38.5 Å². The van der Waals surface area contributed by atoms with Gasteiger partial charge in [0, 0.05) is 6.54 Å². The molecule has 0 amide bonds. The molecule has 0 fully saturated rings. The minimum atomic E-state index is 0. The summed E-state index contributed by atoms with van der Waals surface area (Å²) in [7, 11) is 2.07. The Morgan fingerprint density at radius 3 is 2.07 bits per heavy atom. The van der Waals surface area contributed by atoms with Crippen molar-refractivity contribution < 1.29 is 36.1 Å². The quantitative estimate of drug-likeness (QED) is 0.451. The molecule has 0 aliphatic heterocycles. The van der Waals surface area contributed by atoms with Crippen LogP contribution in [0.1, 0.15) is 46.9 Å². The Labute approximate surface area is 125 Å². The van der Waals surface area contributed by atoms with Crippen LogP contribution >= 0.6 is 12.4 Å². The predicted octanol–water partition coefficient (Wildman–Crippen LogP) is -0.191. The van der Waals surface area contributed by atoms with Gasteiger partial charge in [0.25, 0.3) is 0 Å². The molecule has 0 aromatic rings. The fourth-order valence-electron chi connectivity index (χ4n) is 1.44. The fraction of sp³-hybridized carbons (Fsp3) is 1.00. The summed E-state index contributed by atoms with van der Waals surface area (Å²) in [5, 5.41) is 8.67. The van der Waals surface area contributed by atoms with Crippen molar-refractivity contribution in [1.29, 1.82) is 0 Å². The van der Waals surface area contributed by atoms with Gasteiger partial charge in [0.1, 0.15) is 0 Å². The number of unbranched alkanes of at least 4 members (excludes halogenated alkanes) is 5. The molecule has 2 nitrogen and oxygen atoms in total. The van der Waals surface area contributed by atoms with E-state index in [0.717, 1.165) is 13.1 Å². The average molecular weight is 248 g/mol. The van der Waals surface area contributed by atoms with Crippen molar-refractivity contribution in [3.63, 3.8) is 0 Å². The summed E-state index contributed by atoms with van der Waals surface area (Å²) < 4.78 is 0. The van der Waals surface area contributed by atoms with E-state index in [9.17, 15) is 0 Å². The molecule has 0 spiro atoms. The van der Waals surface area contributed by atoms with Crippen LogP contribution in [-0.4, -0.2) is 36.8 Å². The molecular weight excluding hydrogens is 221 g/mol. The summed E-state index contributed by atoms with van der Waals surface area (Å²) >= 11 is 0. The maximum absolute atomic E-state index is 8.67. The molecule has 0 unspecified atom stereocenters. The molecule has 15 heavy (non-hydrogen) atoms. The van der Waals surface area contributed by atoms with Crippen LogP contribution in [0.2, 0.25) is 0 Å². The number of aliphatic hydroxyl groups excluding tert-OH is 1. The summed E-state index contributed by atoms with van der Waals surface area (Å²) in [5.41, 5.74) is 0. The van der Waals surface area contributed by atoms with Crippen LogP contribution in [0, 0.1) is 0 Å². The molecule has 1 N–H and O–H groups in total. The zero-order chi connectivity index (χ0) is 9.94. The van der Waals surface area contributed by atoms with E-state index in [1.807, 2.05) is 0 Å². The molecule has 0 aliphatic rings. The Balaban J connectivity index is -0.000000240. The first-order chi connectivity index (χ1) is 6.31. The van der Waals surface area contributed by atoms with E-state index in [0.29, 0.717) is 0 Å². The maximum Gasteiger partial charge on any atom is 1.00 e. The number of aliphatic hydroxyl groups is 1. The third-order valence-corrected chi connectivity index (χ3v) is 2.38. The largest absolute Gasteiger partial charge is 1.00 e. The molecule has 0 atom stereocenters. The summed E-state index contributed by atoms with van der Waals surface area (Å²) in [5.74, 6) is 0. The smallest absolute Gasteiger partial charge is 1.00 e. The minimum Gasteiger partial charge on any atom is -1.00 e. The minimum absolute atomic E-state index is 0. The van der Waals surface area contributed by atoms with Crippen LogP contribution in [0.5, 0.6) is 0 Å². The summed E-state index contributed by atoms with van der Waals surface area (Å²) in [6, 6.07) is 0. The topological polar surface area (TPSA) is 23.5 Å². The van der Waals surface area contributed by atoms with E-state index in [-0.39, 0.29) is 50.0 Å². The number of nitrogens with zero attached hydrogens (tertiary/aromatic N) is 1. The number of halogens is 1. The molecule has 4 heteroatoms. The zero-order valence-electron chi connectivity index (χ0n) is 11.7. The second-order valence-corrected chi connectivity index (χ2v) is 3.79. The predicted molar refractivity (Wildman–Crippen MR) is 66.3 cm³/mol. The van der Waals surface area contributed by atoms with E-state index in [1.54, 1.807) is 0 Å². The first-order valence-corrected chi connectivity index (χ1v) is 5.60. The van der Waals surface area contributed by atoms with Crippen LogP contribution in [0.3, 0.4) is 0 Å². The Bertz CT molecular complexity index is 112. The molecule has 0 saturated heterocycles. The normalized spacial score (nSPS) is 9.60. The molecule has 0 aliphatic carbocycles. The average Bonchev–Trinajstić information content (AvgIpc) is 2.11. The standard InChI is InChI=1S/C11H25NO.ClH.Na.H/c1-3-4-5-6-7-8-9-12(2)10-11-13;;;/h13H,3-11H2,1-2H3;1H;;/q;;+1;-1. The van der Waals surface area contributed by atoms with Crippen molar-refractivity contribution in [2.45, 2.75) is 45.4 Å². The van der Waals surface area contributed by atoms with Gasteiger partial charge in [-0.25, -0.2) is 0 Å². The van der Waals surface area contributed by atoms with Crippen LogP contribution in [0.15, 0.2) is 0 Å². The maximum atomic E-state index is 8.67. The van der Waals surface area contributed by atoms with Gasteiger partial charge in [-0.2, -0.15) is 0 Å². The molecule has 0 radical (unpaired) electrons. The van der Waals surface area contributed by atoms with Crippen molar-refractivity contribution in [3.8, 4) is 0 Å². The van der Waals surface area contributed by atoms with Gasteiger partial charge in [-0.05, 0) is 20.0 Å². The third-order valence-electron chi connectivity index (χ3n) is 2.38. The summed E-state index contributed by atoms with van der Waals surface area (Å²) in [4.78, 5) is 2.19. The van der Waals surface area contributed by atoms with Crippen molar-refractivity contribution in [2.24, 2.45) is 0 Å². The zero-order valence-corrected chi connectivity index (χ0v) is 13.5. The Hall–Kier alpha value is 1.21. The monoisotopic (exact) mass is 247 g/mol. The summed E-state index contributed by atoms with van der Waals surface area (Å²) in [6.07, 6.45) is 8.09. The molecular formula is C11H27ClNNaO. The number of likely N-dealkylation sites (N-methyl/N-ethyl adjacent to an activating group) is 1. The van der Waals surface area contributed by atoms with Crippen LogP contribution < -0.4 is 29.6 Å². The van der Waals surface area contributed by atoms with Crippen molar-refractivity contribution in [2.75, 3.05) is 26.7 Å². The van der Waals surface area contributed by atoms with Crippen LogP contribution in [-0.2, 0) is 0 Å². The number of rotatable bonds is 9. The van der Waals surface area contributed by atoms with Gasteiger partial charge in [0.15, 0.2) is 0 Å². The van der Waals surface area contributed by atoms with Crippen molar-refractivity contribution >= 4 is 12.4 Å². The molecule has 0 aromatic carbocycles. The van der Waals surface area contributed by atoms with E-state index >= 15 is 0 Å². The second-order valence-electron chi connectivity index (χ2n) is 3.79. The molecule has 0 rings (SSSR count). The molecule has 0 heterocycles. The van der Waals surface area contributed by atoms with Gasteiger partial charge < -0.3 is 11.4 Å². The van der Waals surface area contributed by atoms with Crippen LogP contribution in [0.4, 0.5) is 0 Å². The SMILES string of the molecule is CCCCCCCCN(C)CCO.Cl.[H-].[Na+]. The van der Waals surface area contributed by atoms with Gasteiger partial charge >= 0.3 is 29.6 Å². The number of hydrogen-bond acceptors (Lipinski definition) is 2. The first kappa shape index (κ1) is 21.5. The van der Waals surface area contributed by atoms with Crippen LogP contribution in [0.25, 0.3) is 0 Å². The first-order valence-electron chi connectivity index (χ1n) is 5.60. The molecule has 0 bridgehead atoms. The van der Waals surface area contributed by atoms with Gasteiger partial charge in [-0.1, -0.05) is 39.0 Å². The third kappa shape index (κ3) is 17.8. The van der Waals surface area contributed by atoms with Gasteiger partial charge in [-0.3, -0.25) is 0 Å². The Kier molecular flexibility index (Phi) is 25.2. The van der Waals surface area contributed by atoms with E-state index in [2.05, 4.69) is 18.9 Å². The fourth-order valence-corrected chi connectivity index (χ4v) is 1.44.